The summed E-state index contributed by atoms with van der Waals surface area (Å²) in [6.45, 7) is 4.91. The van der Waals surface area contributed by atoms with Crippen molar-refractivity contribution in [3.05, 3.63) is 42.1 Å². The number of para-hydroxylation sites is 1. The highest BCUT2D eigenvalue weighted by Gasteiger charge is 2.25. The minimum Gasteiger partial charge on any atom is -0.381 e. The zero-order chi connectivity index (χ0) is 13.8. The van der Waals surface area contributed by atoms with Crippen molar-refractivity contribution in [2.24, 2.45) is 5.92 Å². The summed E-state index contributed by atoms with van der Waals surface area (Å²) in [5, 5.41) is 4.86. The Morgan fingerprint density at radius 1 is 1.30 bits per heavy atom. The second kappa shape index (κ2) is 6.33. The number of rotatable bonds is 4. The van der Waals surface area contributed by atoms with Crippen LogP contribution < -0.4 is 5.32 Å². The highest BCUT2D eigenvalue weighted by Crippen LogP contribution is 2.30. The van der Waals surface area contributed by atoms with Crippen molar-refractivity contribution in [3.63, 3.8) is 0 Å². The normalized spacial score (nSPS) is 18.2. The molecule has 3 nitrogen and oxygen atoms in total. The van der Waals surface area contributed by atoms with E-state index in [2.05, 4.69) is 41.5 Å². The minimum atomic E-state index is 0.390. The predicted molar refractivity (Wildman–Crippen MR) is 81.7 cm³/mol. The van der Waals surface area contributed by atoms with Crippen LogP contribution in [0.2, 0.25) is 0 Å². The lowest BCUT2D eigenvalue weighted by Crippen LogP contribution is -2.32. The van der Waals surface area contributed by atoms with Crippen LogP contribution in [0.5, 0.6) is 0 Å². The largest absolute Gasteiger partial charge is 0.381 e. The Labute approximate surface area is 120 Å². The molecule has 1 aliphatic heterocycles. The Bertz CT molecular complexity index is 564. The van der Waals surface area contributed by atoms with Crippen LogP contribution in [0, 0.1) is 5.92 Å². The van der Waals surface area contributed by atoms with E-state index in [1.807, 2.05) is 12.3 Å². The topological polar surface area (TPSA) is 34.2 Å². The fourth-order valence-electron chi connectivity index (χ4n) is 3.08. The first kappa shape index (κ1) is 13.5. The van der Waals surface area contributed by atoms with Crippen molar-refractivity contribution < 1.29 is 4.74 Å². The highest BCUT2D eigenvalue weighted by molar-refractivity contribution is 5.78. The molecule has 1 unspecified atom stereocenters. The lowest BCUT2D eigenvalue weighted by atomic mass is 9.87. The fraction of sp³-hybridized carbons (Fsp3) is 0.471. The van der Waals surface area contributed by atoms with E-state index in [0.29, 0.717) is 12.0 Å². The summed E-state index contributed by atoms with van der Waals surface area (Å²) >= 11 is 0. The Balaban J connectivity index is 1.91. The van der Waals surface area contributed by atoms with Crippen molar-refractivity contribution in [3.8, 4) is 0 Å². The minimum absolute atomic E-state index is 0.390. The zero-order valence-electron chi connectivity index (χ0n) is 12.0. The monoisotopic (exact) mass is 270 g/mol. The first-order valence-corrected chi connectivity index (χ1v) is 7.54. The van der Waals surface area contributed by atoms with E-state index in [1.54, 1.807) is 0 Å². The number of benzene rings is 1. The number of ether oxygens (including phenoxy) is 1. The van der Waals surface area contributed by atoms with Gasteiger partial charge >= 0.3 is 0 Å². The number of nitrogens with one attached hydrogen (secondary N) is 1. The predicted octanol–water partition coefficient (Wildman–Crippen LogP) is 3.31. The van der Waals surface area contributed by atoms with Gasteiger partial charge in [-0.05, 0) is 43.0 Å². The first-order valence-electron chi connectivity index (χ1n) is 7.54. The number of fused-ring (bicyclic) bond motifs is 1. The Morgan fingerprint density at radius 2 is 2.10 bits per heavy atom. The van der Waals surface area contributed by atoms with Gasteiger partial charge in [-0.15, -0.1) is 0 Å². The number of pyridine rings is 1. The van der Waals surface area contributed by atoms with E-state index in [9.17, 15) is 0 Å². The molecule has 1 aromatic carbocycles. The van der Waals surface area contributed by atoms with E-state index in [0.717, 1.165) is 38.1 Å². The molecule has 3 heteroatoms. The molecule has 1 aromatic heterocycles. The van der Waals surface area contributed by atoms with Crippen LogP contribution >= 0.6 is 0 Å². The highest BCUT2D eigenvalue weighted by atomic mass is 16.5. The molecule has 0 amide bonds. The molecule has 0 bridgehead atoms. The van der Waals surface area contributed by atoms with E-state index in [-0.39, 0.29) is 0 Å². The molecule has 0 spiro atoms. The molecule has 106 valence electrons. The zero-order valence-corrected chi connectivity index (χ0v) is 12.0. The lowest BCUT2D eigenvalue weighted by Gasteiger charge is -2.31. The van der Waals surface area contributed by atoms with Gasteiger partial charge in [0.05, 0.1) is 5.52 Å². The molecule has 0 aliphatic carbocycles. The summed E-state index contributed by atoms with van der Waals surface area (Å²) in [5.41, 5.74) is 2.37. The van der Waals surface area contributed by atoms with Crippen LogP contribution in [0.3, 0.4) is 0 Å². The van der Waals surface area contributed by atoms with E-state index < -0.39 is 0 Å². The second-order valence-electron chi connectivity index (χ2n) is 5.45. The van der Waals surface area contributed by atoms with Gasteiger partial charge in [0.2, 0.25) is 0 Å². The maximum absolute atomic E-state index is 5.49. The molecule has 1 atom stereocenters. The van der Waals surface area contributed by atoms with Gasteiger partial charge in [-0.25, -0.2) is 0 Å². The van der Waals surface area contributed by atoms with Crippen LogP contribution in [-0.4, -0.2) is 24.7 Å². The summed E-state index contributed by atoms with van der Waals surface area (Å²) in [6.07, 6.45) is 4.29. The summed E-state index contributed by atoms with van der Waals surface area (Å²) in [4.78, 5) is 4.61. The van der Waals surface area contributed by atoms with E-state index >= 15 is 0 Å². The fourth-order valence-corrected chi connectivity index (χ4v) is 3.08. The van der Waals surface area contributed by atoms with Gasteiger partial charge in [0.1, 0.15) is 0 Å². The Hall–Kier alpha value is -1.45. The molecule has 2 aromatic rings. The van der Waals surface area contributed by atoms with Gasteiger partial charge in [-0.1, -0.05) is 25.1 Å². The van der Waals surface area contributed by atoms with E-state index in [1.165, 1.54) is 10.9 Å². The molecule has 0 saturated carbocycles. The van der Waals surface area contributed by atoms with Gasteiger partial charge < -0.3 is 10.1 Å². The number of nitrogens with zero attached hydrogens (tertiary/aromatic N) is 1. The number of hydrogen-bond donors (Lipinski definition) is 1. The first-order chi connectivity index (χ1) is 9.88. The number of aromatic nitrogens is 1. The van der Waals surface area contributed by atoms with Gasteiger partial charge in [0.25, 0.3) is 0 Å². The van der Waals surface area contributed by atoms with Gasteiger partial charge in [0.15, 0.2) is 0 Å². The SMILES string of the molecule is CCNC(c1cnc2ccccc2c1)C1CCOCC1. The van der Waals surface area contributed by atoms with Gasteiger partial charge in [-0.3, -0.25) is 4.98 Å². The summed E-state index contributed by atoms with van der Waals surface area (Å²) in [7, 11) is 0. The Morgan fingerprint density at radius 3 is 2.90 bits per heavy atom. The van der Waals surface area contributed by atoms with Crippen LogP contribution in [-0.2, 0) is 4.74 Å². The van der Waals surface area contributed by atoms with Crippen molar-refractivity contribution in [1.29, 1.82) is 0 Å². The maximum atomic E-state index is 5.49. The standard InChI is InChI=1S/C17H22N2O/c1-2-18-17(13-7-9-20-10-8-13)15-11-14-5-3-4-6-16(14)19-12-15/h3-6,11-13,17-18H,2,7-10H2,1H3. The van der Waals surface area contributed by atoms with Crippen molar-refractivity contribution in [2.75, 3.05) is 19.8 Å². The second-order valence-corrected chi connectivity index (χ2v) is 5.45. The molecule has 20 heavy (non-hydrogen) atoms. The van der Waals surface area contributed by atoms with Crippen molar-refractivity contribution >= 4 is 10.9 Å². The lowest BCUT2D eigenvalue weighted by molar-refractivity contribution is 0.0538. The Kier molecular flexibility index (Phi) is 4.28. The third-order valence-electron chi connectivity index (χ3n) is 4.13. The summed E-state index contributed by atoms with van der Waals surface area (Å²) in [6, 6.07) is 11.0. The van der Waals surface area contributed by atoms with E-state index in [4.69, 9.17) is 4.74 Å². The molecule has 1 aliphatic rings. The average Bonchev–Trinajstić information content (AvgIpc) is 2.53. The van der Waals surface area contributed by atoms with Crippen LogP contribution in [0.4, 0.5) is 0 Å². The van der Waals surface area contributed by atoms with Crippen molar-refractivity contribution in [2.45, 2.75) is 25.8 Å². The smallest absolute Gasteiger partial charge is 0.0702 e. The van der Waals surface area contributed by atoms with Crippen LogP contribution in [0.25, 0.3) is 10.9 Å². The molecular weight excluding hydrogens is 248 g/mol. The molecule has 1 N–H and O–H groups in total. The van der Waals surface area contributed by atoms with Gasteiger partial charge in [-0.2, -0.15) is 0 Å². The average molecular weight is 270 g/mol. The van der Waals surface area contributed by atoms with Crippen LogP contribution in [0.1, 0.15) is 31.4 Å². The quantitative estimate of drug-likeness (QED) is 0.925. The molecule has 1 saturated heterocycles. The third-order valence-corrected chi connectivity index (χ3v) is 4.13. The van der Waals surface area contributed by atoms with Gasteiger partial charge in [0, 0.05) is 30.8 Å². The van der Waals surface area contributed by atoms with Crippen LogP contribution in [0.15, 0.2) is 36.5 Å². The summed E-state index contributed by atoms with van der Waals surface area (Å²) < 4.78 is 5.49. The summed E-state index contributed by atoms with van der Waals surface area (Å²) in [5.74, 6) is 0.645. The third kappa shape index (κ3) is 2.84. The molecule has 1 fully saturated rings. The van der Waals surface area contributed by atoms with Crippen molar-refractivity contribution in [1.82, 2.24) is 10.3 Å². The molecule has 0 radical (unpaired) electrons. The molecular formula is C17H22N2O. The molecule has 3 rings (SSSR count). The maximum Gasteiger partial charge on any atom is 0.0702 e. The molecule has 2 heterocycles. The number of hydrogen-bond acceptors (Lipinski definition) is 3.